The molecule has 2 aromatic rings. The van der Waals surface area contributed by atoms with Crippen molar-refractivity contribution in [3.8, 4) is 0 Å². The molecule has 0 N–H and O–H groups in total. The van der Waals surface area contributed by atoms with Crippen LogP contribution in [0.15, 0.2) is 27.5 Å². The molecule has 0 fully saturated rings. The van der Waals surface area contributed by atoms with Crippen molar-refractivity contribution in [2.24, 2.45) is 0 Å². The van der Waals surface area contributed by atoms with E-state index < -0.39 is 0 Å². The van der Waals surface area contributed by atoms with Gasteiger partial charge in [0.2, 0.25) is 0 Å². The van der Waals surface area contributed by atoms with Crippen molar-refractivity contribution in [1.82, 2.24) is 9.38 Å². The monoisotopic (exact) mass is 288 g/mol. The van der Waals surface area contributed by atoms with Crippen molar-refractivity contribution in [2.45, 2.75) is 6.92 Å². The summed E-state index contributed by atoms with van der Waals surface area (Å²) in [5.41, 5.74) is 2.25. The Hall–Kier alpha value is -0.350. The van der Waals surface area contributed by atoms with Crippen molar-refractivity contribution in [2.75, 3.05) is 0 Å². The minimum Gasteiger partial charge on any atom is -0.290 e. The van der Waals surface area contributed by atoms with Crippen molar-refractivity contribution in [3.05, 3.63) is 33.2 Å². The molecule has 0 saturated heterocycles. The van der Waals surface area contributed by atoms with E-state index >= 15 is 0 Å². The van der Waals surface area contributed by atoms with Crippen LogP contribution in [0.25, 0.3) is 5.52 Å². The second-order valence-corrected chi connectivity index (χ2v) is 4.02. The summed E-state index contributed by atoms with van der Waals surface area (Å²) in [6, 6.07) is 6.09. The maximum Gasteiger partial charge on any atom is 0.183 e. The second-order valence-electron chi connectivity index (χ2n) is 2.56. The van der Waals surface area contributed by atoms with Crippen LogP contribution in [0.3, 0.4) is 0 Å². The maximum atomic E-state index is 4.25. The molecule has 0 spiro atoms. The molecule has 0 aliphatic heterocycles. The summed E-state index contributed by atoms with van der Waals surface area (Å²) in [6.07, 6.45) is 0. The summed E-state index contributed by atoms with van der Waals surface area (Å²) >= 11 is 6.78. The van der Waals surface area contributed by atoms with Gasteiger partial charge in [0.05, 0.1) is 5.52 Å². The average Bonchev–Trinajstić information content (AvgIpc) is 2.29. The molecular formula is C8H6Br2N2. The summed E-state index contributed by atoms with van der Waals surface area (Å²) in [6.45, 7) is 2.05. The number of hydrogen-bond acceptors (Lipinski definition) is 1. The number of aryl methyl sites for hydroxylation is 1. The molecule has 0 aromatic carbocycles. The molecule has 0 aliphatic carbocycles. The Morgan fingerprint density at radius 2 is 2.08 bits per heavy atom. The van der Waals surface area contributed by atoms with Crippen LogP contribution < -0.4 is 0 Å². The molecule has 2 rings (SSSR count). The van der Waals surface area contributed by atoms with Gasteiger partial charge in [0.15, 0.2) is 4.73 Å². The van der Waals surface area contributed by atoms with Crippen LogP contribution in [0, 0.1) is 6.92 Å². The molecule has 0 unspecified atom stereocenters. The number of rotatable bonds is 0. The highest BCUT2D eigenvalue weighted by atomic mass is 79.9. The van der Waals surface area contributed by atoms with Crippen LogP contribution >= 0.6 is 31.9 Å². The summed E-state index contributed by atoms with van der Waals surface area (Å²) in [5.74, 6) is 0. The van der Waals surface area contributed by atoms with Crippen LogP contribution in [0.2, 0.25) is 0 Å². The Bertz CT molecular complexity index is 434. The molecule has 0 aliphatic rings. The predicted molar refractivity (Wildman–Crippen MR) is 55.3 cm³/mol. The highest BCUT2D eigenvalue weighted by Gasteiger charge is 2.06. The molecule has 0 saturated carbocycles. The number of imidazole rings is 1. The van der Waals surface area contributed by atoms with Gasteiger partial charge in [0, 0.05) is 5.69 Å². The lowest BCUT2D eigenvalue weighted by atomic mass is 10.3. The number of aromatic nitrogens is 2. The summed E-state index contributed by atoms with van der Waals surface area (Å²) in [4.78, 5) is 4.25. The third kappa shape index (κ3) is 1.10. The molecule has 0 bridgehead atoms. The van der Waals surface area contributed by atoms with Crippen molar-refractivity contribution in [3.63, 3.8) is 0 Å². The second kappa shape index (κ2) is 2.85. The zero-order valence-electron chi connectivity index (χ0n) is 6.38. The molecule has 0 amide bonds. The molecule has 0 atom stereocenters. The third-order valence-corrected chi connectivity index (χ3v) is 2.89. The van der Waals surface area contributed by atoms with Gasteiger partial charge < -0.3 is 0 Å². The quantitative estimate of drug-likeness (QED) is 0.728. The minimum atomic E-state index is 0.836. The Morgan fingerprint density at radius 3 is 2.75 bits per heavy atom. The van der Waals surface area contributed by atoms with Crippen LogP contribution in [0.4, 0.5) is 0 Å². The fourth-order valence-electron chi connectivity index (χ4n) is 1.21. The van der Waals surface area contributed by atoms with E-state index in [1.807, 2.05) is 29.5 Å². The number of fused-ring (bicyclic) bond motifs is 1. The molecular weight excluding hydrogens is 284 g/mol. The fraction of sp³-hybridized carbons (Fsp3) is 0.125. The van der Waals surface area contributed by atoms with E-state index in [-0.39, 0.29) is 0 Å². The van der Waals surface area contributed by atoms with E-state index in [2.05, 4.69) is 36.8 Å². The zero-order chi connectivity index (χ0) is 8.72. The smallest absolute Gasteiger partial charge is 0.183 e. The Kier molecular flexibility index (Phi) is 1.96. The first-order valence-electron chi connectivity index (χ1n) is 3.49. The SMILES string of the molecule is Cc1cccc2c(Br)nc(Br)n12. The number of hydrogen-bond donors (Lipinski definition) is 0. The lowest BCUT2D eigenvalue weighted by Gasteiger charge is -1.98. The Morgan fingerprint density at radius 1 is 1.33 bits per heavy atom. The Balaban J connectivity index is 2.99. The van der Waals surface area contributed by atoms with Crippen LogP contribution in [-0.2, 0) is 0 Å². The van der Waals surface area contributed by atoms with Gasteiger partial charge in [-0.25, -0.2) is 4.98 Å². The van der Waals surface area contributed by atoms with E-state index in [4.69, 9.17) is 0 Å². The minimum absolute atomic E-state index is 0.836. The zero-order valence-corrected chi connectivity index (χ0v) is 9.55. The van der Waals surface area contributed by atoms with Crippen LogP contribution in [0.1, 0.15) is 5.69 Å². The van der Waals surface area contributed by atoms with Gasteiger partial charge in [-0.2, -0.15) is 0 Å². The van der Waals surface area contributed by atoms with Crippen LogP contribution in [0.5, 0.6) is 0 Å². The Labute approximate surface area is 86.9 Å². The van der Waals surface area contributed by atoms with E-state index in [1.165, 1.54) is 0 Å². The summed E-state index contributed by atoms with van der Waals surface area (Å²) < 4.78 is 3.75. The lowest BCUT2D eigenvalue weighted by Crippen LogP contribution is -1.89. The van der Waals surface area contributed by atoms with E-state index in [9.17, 15) is 0 Å². The van der Waals surface area contributed by atoms with Crippen molar-refractivity contribution in [1.29, 1.82) is 0 Å². The van der Waals surface area contributed by atoms with Gasteiger partial charge in [-0.1, -0.05) is 6.07 Å². The van der Waals surface area contributed by atoms with E-state index in [1.54, 1.807) is 0 Å². The van der Waals surface area contributed by atoms with Crippen LogP contribution in [-0.4, -0.2) is 9.38 Å². The third-order valence-electron chi connectivity index (χ3n) is 1.77. The molecule has 0 radical (unpaired) electrons. The van der Waals surface area contributed by atoms with Gasteiger partial charge in [-0.05, 0) is 50.9 Å². The number of nitrogens with zero attached hydrogens (tertiary/aromatic N) is 2. The summed E-state index contributed by atoms with van der Waals surface area (Å²) in [5, 5.41) is 0. The molecule has 12 heavy (non-hydrogen) atoms. The fourth-order valence-corrected chi connectivity index (χ4v) is 2.58. The van der Waals surface area contributed by atoms with E-state index in [0.29, 0.717) is 0 Å². The average molecular weight is 290 g/mol. The van der Waals surface area contributed by atoms with E-state index in [0.717, 1.165) is 20.5 Å². The number of pyridine rings is 1. The first kappa shape index (κ1) is 8.26. The number of halogens is 2. The largest absolute Gasteiger partial charge is 0.290 e. The van der Waals surface area contributed by atoms with Gasteiger partial charge >= 0.3 is 0 Å². The highest BCUT2D eigenvalue weighted by molar-refractivity contribution is 9.11. The van der Waals surface area contributed by atoms with Gasteiger partial charge in [0.1, 0.15) is 4.60 Å². The maximum absolute atomic E-state index is 4.25. The summed E-state index contributed by atoms with van der Waals surface area (Å²) in [7, 11) is 0. The standard InChI is InChI=1S/C8H6Br2N2/c1-5-3-2-4-6-7(9)11-8(10)12(5)6/h2-4H,1H3. The van der Waals surface area contributed by atoms with Gasteiger partial charge in [-0.3, -0.25) is 4.40 Å². The molecule has 2 aromatic heterocycles. The first-order valence-corrected chi connectivity index (χ1v) is 5.08. The topological polar surface area (TPSA) is 17.3 Å². The molecule has 62 valence electrons. The first-order chi connectivity index (χ1) is 5.70. The molecule has 2 heterocycles. The van der Waals surface area contributed by atoms with Crippen molar-refractivity contribution < 1.29 is 0 Å². The van der Waals surface area contributed by atoms with Gasteiger partial charge in [-0.15, -0.1) is 0 Å². The van der Waals surface area contributed by atoms with Crippen molar-refractivity contribution >= 4 is 37.4 Å². The lowest BCUT2D eigenvalue weighted by molar-refractivity contribution is 1.03. The normalized spacial score (nSPS) is 10.9. The highest BCUT2D eigenvalue weighted by Crippen LogP contribution is 2.23. The van der Waals surface area contributed by atoms with Gasteiger partial charge in [0.25, 0.3) is 0 Å². The molecule has 4 heteroatoms. The predicted octanol–water partition coefficient (Wildman–Crippen LogP) is 3.17. The molecule has 2 nitrogen and oxygen atoms in total.